The van der Waals surface area contributed by atoms with Crippen LogP contribution in [-0.2, 0) is 4.79 Å². The molecule has 0 saturated heterocycles. The summed E-state index contributed by atoms with van der Waals surface area (Å²) in [5.74, 6) is -0.530. The number of carbonyl (C=O) groups excluding carboxylic acids is 2. The second-order valence-electron chi connectivity index (χ2n) is 4.81. The van der Waals surface area contributed by atoms with E-state index in [1.165, 1.54) is 12.1 Å². The Morgan fingerprint density at radius 3 is 2.43 bits per heavy atom. The SMILES string of the molecule is O=C(NNC(=O)[C@@H]1COc2ccccc2O1)c1ccc(F)cc1. The first kappa shape index (κ1) is 14.8. The normalized spacial score (nSPS) is 15.6. The summed E-state index contributed by atoms with van der Waals surface area (Å²) in [6.45, 7) is 0.0370. The van der Waals surface area contributed by atoms with Gasteiger partial charge in [0.2, 0.25) is 6.10 Å². The highest BCUT2D eigenvalue weighted by atomic mass is 19.1. The molecule has 1 aliphatic rings. The summed E-state index contributed by atoms with van der Waals surface area (Å²) in [5, 5.41) is 0. The number of benzene rings is 2. The number of rotatable bonds is 2. The van der Waals surface area contributed by atoms with Gasteiger partial charge >= 0.3 is 0 Å². The van der Waals surface area contributed by atoms with Crippen LogP contribution >= 0.6 is 0 Å². The van der Waals surface area contributed by atoms with Gasteiger partial charge in [-0.1, -0.05) is 12.1 Å². The van der Waals surface area contributed by atoms with Crippen molar-refractivity contribution in [1.29, 1.82) is 0 Å². The standard InChI is InChI=1S/C16H13FN2O4/c17-11-7-5-10(6-8-11)15(20)18-19-16(21)14-9-22-12-3-1-2-4-13(12)23-14/h1-8,14H,9H2,(H,18,20)(H,19,21)/t14-/m0/s1. The second kappa shape index (κ2) is 6.35. The van der Waals surface area contributed by atoms with Crippen molar-refractivity contribution >= 4 is 11.8 Å². The molecular weight excluding hydrogens is 303 g/mol. The zero-order valence-corrected chi connectivity index (χ0v) is 11.9. The van der Waals surface area contributed by atoms with E-state index in [1.54, 1.807) is 24.3 Å². The monoisotopic (exact) mass is 316 g/mol. The molecule has 0 aromatic heterocycles. The molecule has 0 fully saturated rings. The van der Waals surface area contributed by atoms with Gasteiger partial charge in [-0.2, -0.15) is 0 Å². The van der Waals surface area contributed by atoms with Crippen LogP contribution in [0.25, 0.3) is 0 Å². The van der Waals surface area contributed by atoms with Gasteiger partial charge < -0.3 is 9.47 Å². The van der Waals surface area contributed by atoms with Crippen molar-refractivity contribution in [2.75, 3.05) is 6.61 Å². The lowest BCUT2D eigenvalue weighted by Crippen LogP contribution is -2.50. The summed E-state index contributed by atoms with van der Waals surface area (Å²) in [6, 6.07) is 11.9. The Bertz CT molecular complexity index is 733. The maximum Gasteiger partial charge on any atom is 0.283 e. The van der Waals surface area contributed by atoms with Crippen molar-refractivity contribution in [2.24, 2.45) is 0 Å². The molecule has 7 heteroatoms. The molecule has 2 aromatic carbocycles. The van der Waals surface area contributed by atoms with E-state index >= 15 is 0 Å². The maximum atomic E-state index is 12.8. The van der Waals surface area contributed by atoms with E-state index in [9.17, 15) is 14.0 Å². The molecule has 2 N–H and O–H groups in total. The Hall–Kier alpha value is -3.09. The average Bonchev–Trinajstić information content (AvgIpc) is 2.59. The van der Waals surface area contributed by atoms with Gasteiger partial charge in [0.1, 0.15) is 12.4 Å². The smallest absolute Gasteiger partial charge is 0.283 e. The summed E-state index contributed by atoms with van der Waals surface area (Å²) in [5.41, 5.74) is 4.72. The summed E-state index contributed by atoms with van der Waals surface area (Å²) in [6.07, 6.45) is -0.876. The maximum absolute atomic E-state index is 12.8. The lowest BCUT2D eigenvalue weighted by Gasteiger charge is -2.25. The first-order valence-corrected chi connectivity index (χ1v) is 6.88. The molecule has 3 rings (SSSR count). The van der Waals surface area contributed by atoms with Crippen molar-refractivity contribution in [1.82, 2.24) is 10.9 Å². The number of amides is 2. The third-order valence-corrected chi connectivity index (χ3v) is 3.21. The number of fused-ring (bicyclic) bond motifs is 1. The largest absolute Gasteiger partial charge is 0.485 e. The van der Waals surface area contributed by atoms with Gasteiger partial charge in [0, 0.05) is 5.56 Å². The molecule has 0 saturated carbocycles. The molecule has 118 valence electrons. The topological polar surface area (TPSA) is 76.7 Å². The Kier molecular flexibility index (Phi) is 4.09. The van der Waals surface area contributed by atoms with Crippen LogP contribution in [0.1, 0.15) is 10.4 Å². The molecule has 1 atom stereocenters. The van der Waals surface area contributed by atoms with E-state index < -0.39 is 23.7 Å². The number of carbonyl (C=O) groups is 2. The van der Waals surface area contributed by atoms with Gasteiger partial charge in [0.25, 0.3) is 11.8 Å². The number of hydrogen-bond donors (Lipinski definition) is 2. The highest BCUT2D eigenvalue weighted by Gasteiger charge is 2.27. The van der Waals surface area contributed by atoms with Crippen LogP contribution in [0.2, 0.25) is 0 Å². The zero-order valence-electron chi connectivity index (χ0n) is 11.9. The molecule has 1 aliphatic heterocycles. The lowest BCUT2D eigenvalue weighted by atomic mass is 10.2. The van der Waals surface area contributed by atoms with E-state index in [2.05, 4.69) is 10.9 Å². The minimum atomic E-state index is -0.876. The molecule has 6 nitrogen and oxygen atoms in total. The minimum Gasteiger partial charge on any atom is -0.485 e. The fourth-order valence-electron chi connectivity index (χ4n) is 2.02. The number of para-hydroxylation sites is 2. The number of hydrogen-bond acceptors (Lipinski definition) is 4. The van der Waals surface area contributed by atoms with Crippen LogP contribution in [-0.4, -0.2) is 24.5 Å². The number of nitrogens with one attached hydrogen (secondary N) is 2. The Morgan fingerprint density at radius 1 is 1.00 bits per heavy atom. The van der Waals surface area contributed by atoms with Gasteiger partial charge in [-0.05, 0) is 36.4 Å². The summed E-state index contributed by atoms with van der Waals surface area (Å²) >= 11 is 0. The Morgan fingerprint density at radius 2 is 1.70 bits per heavy atom. The molecule has 0 spiro atoms. The van der Waals surface area contributed by atoms with E-state index in [0.29, 0.717) is 11.5 Å². The highest BCUT2D eigenvalue weighted by molar-refractivity contribution is 5.95. The average molecular weight is 316 g/mol. The first-order valence-electron chi connectivity index (χ1n) is 6.88. The highest BCUT2D eigenvalue weighted by Crippen LogP contribution is 2.30. The molecule has 2 amide bonds. The van der Waals surface area contributed by atoms with Crippen molar-refractivity contribution in [3.63, 3.8) is 0 Å². The van der Waals surface area contributed by atoms with Crippen LogP contribution in [0.15, 0.2) is 48.5 Å². The molecule has 0 radical (unpaired) electrons. The van der Waals surface area contributed by atoms with Gasteiger partial charge in [0.15, 0.2) is 11.5 Å². The summed E-state index contributed by atoms with van der Waals surface area (Å²) < 4.78 is 23.7. The van der Waals surface area contributed by atoms with Gasteiger partial charge in [-0.25, -0.2) is 4.39 Å². The molecule has 0 aliphatic carbocycles. The molecular formula is C16H13FN2O4. The first-order chi connectivity index (χ1) is 11.1. The number of hydrazine groups is 1. The van der Waals surface area contributed by atoms with Crippen LogP contribution < -0.4 is 20.3 Å². The quantitative estimate of drug-likeness (QED) is 0.822. The third kappa shape index (κ3) is 3.39. The molecule has 23 heavy (non-hydrogen) atoms. The lowest BCUT2D eigenvalue weighted by molar-refractivity contribution is -0.131. The van der Waals surface area contributed by atoms with Crippen LogP contribution in [0.3, 0.4) is 0 Å². The minimum absolute atomic E-state index is 0.0370. The zero-order chi connectivity index (χ0) is 16.2. The molecule has 0 bridgehead atoms. The van der Waals surface area contributed by atoms with Crippen LogP contribution in [0, 0.1) is 5.82 Å². The Labute approximate surface area is 131 Å². The predicted molar refractivity (Wildman–Crippen MR) is 78.4 cm³/mol. The predicted octanol–water partition coefficient (Wildman–Crippen LogP) is 1.43. The second-order valence-corrected chi connectivity index (χ2v) is 4.81. The van der Waals surface area contributed by atoms with E-state index in [4.69, 9.17) is 9.47 Å². The van der Waals surface area contributed by atoms with Gasteiger partial charge in [-0.15, -0.1) is 0 Å². The Balaban J connectivity index is 1.56. The van der Waals surface area contributed by atoms with Gasteiger partial charge in [0.05, 0.1) is 0 Å². The third-order valence-electron chi connectivity index (χ3n) is 3.21. The molecule has 1 heterocycles. The van der Waals surface area contributed by atoms with Crippen LogP contribution in [0.4, 0.5) is 4.39 Å². The van der Waals surface area contributed by atoms with Gasteiger partial charge in [-0.3, -0.25) is 20.4 Å². The molecule has 0 unspecified atom stereocenters. The van der Waals surface area contributed by atoms with E-state index in [-0.39, 0.29) is 12.2 Å². The van der Waals surface area contributed by atoms with Crippen LogP contribution in [0.5, 0.6) is 11.5 Å². The van der Waals surface area contributed by atoms with E-state index in [1.807, 2.05) is 0 Å². The number of halogens is 1. The van der Waals surface area contributed by atoms with Crippen molar-refractivity contribution < 1.29 is 23.5 Å². The van der Waals surface area contributed by atoms with E-state index in [0.717, 1.165) is 12.1 Å². The molecule has 2 aromatic rings. The fourth-order valence-corrected chi connectivity index (χ4v) is 2.02. The van der Waals surface area contributed by atoms with Crippen molar-refractivity contribution in [2.45, 2.75) is 6.10 Å². The van der Waals surface area contributed by atoms with Crippen molar-refractivity contribution in [3.05, 3.63) is 59.9 Å². The summed E-state index contributed by atoms with van der Waals surface area (Å²) in [7, 11) is 0. The summed E-state index contributed by atoms with van der Waals surface area (Å²) in [4.78, 5) is 23.8. The fraction of sp³-hybridized carbons (Fsp3) is 0.125. The van der Waals surface area contributed by atoms with Crippen molar-refractivity contribution in [3.8, 4) is 11.5 Å². The number of ether oxygens (including phenoxy) is 2.